The van der Waals surface area contributed by atoms with Crippen molar-refractivity contribution >= 4 is 0 Å². The molecule has 0 radical (unpaired) electrons. The van der Waals surface area contributed by atoms with Crippen molar-refractivity contribution < 1.29 is 9.47 Å². The molecule has 0 aromatic heterocycles. The third-order valence-electron chi connectivity index (χ3n) is 3.67. The fraction of sp³-hybridized carbons (Fsp3) is 0.562. The number of benzene rings is 1. The number of nitrogens with one attached hydrogen (secondary N) is 1. The Balaban J connectivity index is 2.24. The zero-order valence-electron chi connectivity index (χ0n) is 12.8. The van der Waals surface area contributed by atoms with Crippen molar-refractivity contribution in [1.29, 1.82) is 5.26 Å². The second kappa shape index (κ2) is 7.87. The Bertz CT molecular complexity index is 491. The second-order valence-electron chi connectivity index (χ2n) is 5.01. The maximum absolute atomic E-state index is 9.59. The largest absolute Gasteiger partial charge is 0.493 e. The standard InChI is InChI=1S/C16H23N3O2/c1-3-21-16-11-13(5-6-15(16)20-2)14(12-17)19-9-4-7-18-8-10-19/h5-6,11,14,18H,3-4,7-10H2,1-2H3. The van der Waals surface area contributed by atoms with Crippen LogP contribution in [-0.4, -0.2) is 44.8 Å². The average Bonchev–Trinajstić information content (AvgIpc) is 2.78. The lowest BCUT2D eigenvalue weighted by Gasteiger charge is -2.25. The van der Waals surface area contributed by atoms with Crippen LogP contribution in [0.5, 0.6) is 11.5 Å². The van der Waals surface area contributed by atoms with E-state index in [1.807, 2.05) is 25.1 Å². The molecule has 1 fully saturated rings. The van der Waals surface area contributed by atoms with Crippen molar-refractivity contribution in [2.45, 2.75) is 19.4 Å². The monoisotopic (exact) mass is 289 g/mol. The minimum atomic E-state index is -0.241. The molecule has 1 atom stereocenters. The molecule has 1 aliphatic rings. The molecule has 1 unspecified atom stereocenters. The highest BCUT2D eigenvalue weighted by molar-refractivity contribution is 5.44. The van der Waals surface area contributed by atoms with Crippen LogP contribution in [0, 0.1) is 11.3 Å². The third kappa shape index (κ3) is 3.87. The topological polar surface area (TPSA) is 57.5 Å². The van der Waals surface area contributed by atoms with Gasteiger partial charge in [0.2, 0.25) is 0 Å². The lowest BCUT2D eigenvalue weighted by molar-refractivity contribution is 0.251. The SMILES string of the molecule is CCOc1cc(C(C#N)N2CCCNCC2)ccc1OC. The van der Waals surface area contributed by atoms with Gasteiger partial charge in [-0.05, 0) is 37.6 Å². The summed E-state index contributed by atoms with van der Waals surface area (Å²) < 4.78 is 10.9. The molecule has 1 aliphatic heterocycles. The van der Waals surface area contributed by atoms with E-state index in [0.717, 1.165) is 38.2 Å². The molecule has 5 nitrogen and oxygen atoms in total. The van der Waals surface area contributed by atoms with Crippen molar-refractivity contribution in [3.8, 4) is 17.6 Å². The van der Waals surface area contributed by atoms with E-state index in [0.29, 0.717) is 18.1 Å². The number of nitriles is 1. The minimum absolute atomic E-state index is 0.241. The molecule has 2 rings (SSSR count). The normalized spacial score (nSPS) is 17.6. The first-order valence-electron chi connectivity index (χ1n) is 7.45. The van der Waals surface area contributed by atoms with Crippen LogP contribution in [0.4, 0.5) is 0 Å². The highest BCUT2D eigenvalue weighted by Gasteiger charge is 2.22. The fourth-order valence-corrected chi connectivity index (χ4v) is 2.62. The predicted octanol–water partition coefficient (Wildman–Crippen LogP) is 1.95. The van der Waals surface area contributed by atoms with Crippen LogP contribution >= 0.6 is 0 Å². The van der Waals surface area contributed by atoms with Crippen LogP contribution in [0.3, 0.4) is 0 Å². The molecule has 5 heteroatoms. The van der Waals surface area contributed by atoms with Crippen molar-refractivity contribution in [3.63, 3.8) is 0 Å². The summed E-state index contributed by atoms with van der Waals surface area (Å²) in [6, 6.07) is 7.94. The van der Waals surface area contributed by atoms with Gasteiger partial charge in [-0.2, -0.15) is 5.26 Å². The Morgan fingerprint density at radius 2 is 2.19 bits per heavy atom. The molecule has 1 heterocycles. The van der Waals surface area contributed by atoms with Gasteiger partial charge < -0.3 is 14.8 Å². The Labute approximate surface area is 126 Å². The highest BCUT2D eigenvalue weighted by atomic mass is 16.5. The first kappa shape index (κ1) is 15.6. The maximum Gasteiger partial charge on any atom is 0.161 e. The summed E-state index contributed by atoms with van der Waals surface area (Å²) >= 11 is 0. The van der Waals surface area contributed by atoms with Crippen LogP contribution in [-0.2, 0) is 0 Å². The highest BCUT2D eigenvalue weighted by Crippen LogP contribution is 2.32. The molecule has 0 amide bonds. The molecule has 21 heavy (non-hydrogen) atoms. The van der Waals surface area contributed by atoms with Crippen LogP contribution in [0.1, 0.15) is 24.9 Å². The van der Waals surface area contributed by atoms with Crippen LogP contribution in [0.25, 0.3) is 0 Å². The smallest absolute Gasteiger partial charge is 0.161 e. The summed E-state index contributed by atoms with van der Waals surface area (Å²) in [5.74, 6) is 1.40. The predicted molar refractivity (Wildman–Crippen MR) is 81.6 cm³/mol. The van der Waals surface area contributed by atoms with Gasteiger partial charge >= 0.3 is 0 Å². The summed E-state index contributed by atoms with van der Waals surface area (Å²) in [5.41, 5.74) is 0.962. The zero-order chi connectivity index (χ0) is 15.1. The number of ether oxygens (including phenoxy) is 2. The van der Waals surface area contributed by atoms with Gasteiger partial charge in [0.1, 0.15) is 6.04 Å². The van der Waals surface area contributed by atoms with Gasteiger partial charge in [-0.3, -0.25) is 4.90 Å². The van der Waals surface area contributed by atoms with Gasteiger partial charge in [0.25, 0.3) is 0 Å². The van der Waals surface area contributed by atoms with Gasteiger partial charge in [-0.25, -0.2) is 0 Å². The summed E-state index contributed by atoms with van der Waals surface area (Å²) in [4.78, 5) is 2.22. The second-order valence-corrected chi connectivity index (χ2v) is 5.01. The summed E-state index contributed by atoms with van der Waals surface area (Å²) in [6.07, 6.45) is 1.06. The van der Waals surface area contributed by atoms with Crippen LogP contribution in [0.15, 0.2) is 18.2 Å². The Hall–Kier alpha value is -1.77. The van der Waals surface area contributed by atoms with Gasteiger partial charge in [-0.15, -0.1) is 0 Å². The first-order chi connectivity index (χ1) is 10.3. The van der Waals surface area contributed by atoms with Crippen molar-refractivity contribution in [3.05, 3.63) is 23.8 Å². The van der Waals surface area contributed by atoms with E-state index in [1.165, 1.54) is 0 Å². The lowest BCUT2D eigenvalue weighted by Crippen LogP contribution is -2.31. The molecular weight excluding hydrogens is 266 g/mol. The van der Waals surface area contributed by atoms with E-state index < -0.39 is 0 Å². The number of rotatable bonds is 5. The number of methoxy groups -OCH3 is 1. The van der Waals surface area contributed by atoms with E-state index >= 15 is 0 Å². The Morgan fingerprint density at radius 1 is 1.33 bits per heavy atom. The molecule has 1 aromatic rings. The first-order valence-corrected chi connectivity index (χ1v) is 7.45. The van der Waals surface area contributed by atoms with Crippen molar-refractivity contribution in [1.82, 2.24) is 10.2 Å². The number of nitrogens with zero attached hydrogens (tertiary/aromatic N) is 2. The van der Waals surface area contributed by atoms with E-state index in [4.69, 9.17) is 9.47 Å². The van der Waals surface area contributed by atoms with E-state index in [-0.39, 0.29) is 6.04 Å². The molecule has 0 saturated carbocycles. The lowest BCUT2D eigenvalue weighted by atomic mass is 10.1. The van der Waals surface area contributed by atoms with Crippen LogP contribution < -0.4 is 14.8 Å². The Kier molecular flexibility index (Phi) is 5.85. The van der Waals surface area contributed by atoms with Crippen molar-refractivity contribution in [2.75, 3.05) is 39.9 Å². The third-order valence-corrected chi connectivity index (χ3v) is 3.67. The fourth-order valence-electron chi connectivity index (χ4n) is 2.62. The molecular formula is C16H23N3O2. The van der Waals surface area contributed by atoms with E-state index in [9.17, 15) is 5.26 Å². The summed E-state index contributed by atoms with van der Waals surface area (Å²) in [5, 5.41) is 12.9. The van der Waals surface area contributed by atoms with Crippen LogP contribution in [0.2, 0.25) is 0 Å². The average molecular weight is 289 g/mol. The quantitative estimate of drug-likeness (QED) is 0.898. The molecule has 1 saturated heterocycles. The molecule has 0 aliphatic carbocycles. The van der Waals surface area contributed by atoms with Gasteiger partial charge in [0.05, 0.1) is 19.8 Å². The summed E-state index contributed by atoms with van der Waals surface area (Å²) in [6.45, 7) is 6.27. The molecule has 0 spiro atoms. The maximum atomic E-state index is 9.59. The molecule has 0 bridgehead atoms. The molecule has 1 aromatic carbocycles. The van der Waals surface area contributed by atoms with E-state index in [2.05, 4.69) is 16.3 Å². The number of hydrogen-bond acceptors (Lipinski definition) is 5. The zero-order valence-corrected chi connectivity index (χ0v) is 12.8. The van der Waals surface area contributed by atoms with Crippen molar-refractivity contribution in [2.24, 2.45) is 0 Å². The molecule has 114 valence electrons. The van der Waals surface area contributed by atoms with Gasteiger partial charge in [-0.1, -0.05) is 6.07 Å². The van der Waals surface area contributed by atoms with Gasteiger partial charge in [0.15, 0.2) is 11.5 Å². The Morgan fingerprint density at radius 3 is 2.90 bits per heavy atom. The molecule has 1 N–H and O–H groups in total. The summed E-state index contributed by atoms with van der Waals surface area (Å²) in [7, 11) is 1.62. The minimum Gasteiger partial charge on any atom is -0.493 e. The van der Waals surface area contributed by atoms with Gasteiger partial charge in [0, 0.05) is 19.6 Å². The van der Waals surface area contributed by atoms with E-state index in [1.54, 1.807) is 7.11 Å². The number of hydrogen-bond donors (Lipinski definition) is 1.